The molecule has 0 saturated heterocycles. The summed E-state index contributed by atoms with van der Waals surface area (Å²) in [6.45, 7) is 0. The summed E-state index contributed by atoms with van der Waals surface area (Å²) in [4.78, 5) is 12.6. The average molecular weight is 273 g/mol. The van der Waals surface area contributed by atoms with Crippen LogP contribution in [0.1, 0.15) is 15.2 Å². The van der Waals surface area contributed by atoms with Crippen LogP contribution in [-0.4, -0.2) is 5.78 Å². The summed E-state index contributed by atoms with van der Waals surface area (Å²) in [7, 11) is 0. The van der Waals surface area contributed by atoms with Crippen LogP contribution >= 0.6 is 46.5 Å². The lowest BCUT2D eigenvalue weighted by atomic mass is 10.1. The number of hydrogen-bond acceptors (Lipinski definition) is 4. The largest absolute Gasteiger partial charge is 0.288 e. The minimum Gasteiger partial charge on any atom is -0.288 e. The fourth-order valence-corrected chi connectivity index (χ4v) is 3.36. The number of carbonyl (C=O) groups excluding carboxylic acids is 1. The van der Waals surface area contributed by atoms with Crippen LogP contribution < -0.4 is 0 Å². The molecule has 0 amide bonds. The van der Waals surface area contributed by atoms with Gasteiger partial charge in [-0.25, -0.2) is 0 Å². The van der Waals surface area contributed by atoms with Crippen LogP contribution in [0.5, 0.6) is 0 Å². The molecule has 0 aliphatic rings. The normalized spacial score (nSPS) is 10.2. The zero-order chi connectivity index (χ0) is 10.8. The zero-order valence-electron chi connectivity index (χ0n) is 7.40. The third-order valence-corrected chi connectivity index (χ3v) is 4.46. The topological polar surface area (TPSA) is 17.1 Å². The predicted octanol–water partition coefficient (Wildman–Crippen LogP) is 4.42. The Labute approximate surface area is 105 Å². The molecule has 0 unspecified atom stereocenters. The van der Waals surface area contributed by atoms with E-state index in [4.69, 9.17) is 23.8 Å². The highest BCUT2D eigenvalue weighted by molar-refractivity contribution is 7.76. The van der Waals surface area contributed by atoms with E-state index < -0.39 is 0 Å². The molecule has 1 nitrogen and oxygen atoms in total. The first-order valence-corrected chi connectivity index (χ1v) is 6.54. The third kappa shape index (κ3) is 2.52. The first-order chi connectivity index (χ1) is 7.16. The fourth-order valence-electron chi connectivity index (χ4n) is 1.11. The number of benzene rings is 1. The van der Waals surface area contributed by atoms with Gasteiger partial charge in [0.1, 0.15) is 3.14 Å². The van der Waals surface area contributed by atoms with Crippen LogP contribution in [0.2, 0.25) is 5.02 Å². The van der Waals surface area contributed by atoms with E-state index in [0.29, 0.717) is 15.5 Å². The van der Waals surface area contributed by atoms with Gasteiger partial charge in [-0.2, -0.15) is 0 Å². The monoisotopic (exact) mass is 272 g/mol. The molecular formula is C10H5ClOS3. The van der Waals surface area contributed by atoms with Gasteiger partial charge in [0.15, 0.2) is 0 Å². The van der Waals surface area contributed by atoms with Crippen molar-refractivity contribution in [1.29, 1.82) is 0 Å². The van der Waals surface area contributed by atoms with E-state index in [9.17, 15) is 4.79 Å². The predicted molar refractivity (Wildman–Crippen MR) is 67.9 cm³/mol. The number of hydrogen-bond donors (Lipinski definition) is 0. The molecule has 1 heterocycles. The van der Waals surface area contributed by atoms with Crippen molar-refractivity contribution in [3.05, 3.63) is 48.2 Å². The van der Waals surface area contributed by atoms with Crippen molar-refractivity contribution in [2.75, 3.05) is 0 Å². The highest BCUT2D eigenvalue weighted by Crippen LogP contribution is 2.22. The molecule has 0 saturated carbocycles. The highest BCUT2D eigenvalue weighted by atomic mass is 35.5. The summed E-state index contributed by atoms with van der Waals surface area (Å²) < 4.78 is 0.764. The van der Waals surface area contributed by atoms with E-state index in [1.807, 2.05) is 0 Å². The van der Waals surface area contributed by atoms with Crippen molar-refractivity contribution in [2.24, 2.45) is 0 Å². The van der Waals surface area contributed by atoms with Gasteiger partial charge in [-0.05, 0) is 12.1 Å². The second-order valence-corrected chi connectivity index (χ2v) is 6.34. The first kappa shape index (κ1) is 11.0. The van der Waals surface area contributed by atoms with Crippen molar-refractivity contribution in [3.63, 3.8) is 0 Å². The molecule has 0 aliphatic heterocycles. The maximum atomic E-state index is 11.9. The van der Waals surface area contributed by atoms with Gasteiger partial charge in [-0.1, -0.05) is 36.0 Å². The van der Waals surface area contributed by atoms with E-state index >= 15 is 0 Å². The van der Waals surface area contributed by atoms with Crippen LogP contribution in [0.25, 0.3) is 0 Å². The van der Waals surface area contributed by atoms with Crippen LogP contribution in [0, 0.1) is 3.14 Å². The van der Waals surface area contributed by atoms with Gasteiger partial charge in [0.2, 0.25) is 5.78 Å². The molecule has 76 valence electrons. The maximum absolute atomic E-state index is 11.9. The van der Waals surface area contributed by atoms with Crippen molar-refractivity contribution in [2.45, 2.75) is 0 Å². The molecule has 0 N–H and O–H groups in total. The second kappa shape index (κ2) is 4.53. The minimum atomic E-state index is -0.0187. The molecule has 15 heavy (non-hydrogen) atoms. The lowest BCUT2D eigenvalue weighted by Crippen LogP contribution is -1.97. The number of rotatable bonds is 2. The molecule has 2 aromatic rings. The van der Waals surface area contributed by atoms with E-state index in [2.05, 4.69) is 0 Å². The van der Waals surface area contributed by atoms with Gasteiger partial charge < -0.3 is 0 Å². The van der Waals surface area contributed by atoms with Crippen LogP contribution in [0.4, 0.5) is 0 Å². The Bertz CT molecular complexity index is 556. The summed E-state index contributed by atoms with van der Waals surface area (Å²) in [5.41, 5.74) is 0.603. The molecule has 1 aromatic heterocycles. The molecule has 2 rings (SSSR count). The number of carbonyl (C=O) groups is 1. The summed E-state index contributed by atoms with van der Waals surface area (Å²) in [5, 5.41) is 2.36. The standard InChI is InChI=1S/C10H5ClOS3/c11-7-3-1-2-6(4-7)9(12)8-5-14-10(13)15-8/h1-5H. The van der Waals surface area contributed by atoms with Crippen molar-refractivity contribution >= 4 is 52.3 Å². The van der Waals surface area contributed by atoms with E-state index in [0.717, 1.165) is 3.14 Å². The third-order valence-electron chi connectivity index (χ3n) is 1.77. The fraction of sp³-hybridized carbons (Fsp3) is 0. The van der Waals surface area contributed by atoms with Crippen LogP contribution in [-0.2, 0) is 0 Å². The molecule has 0 aliphatic carbocycles. The second-order valence-electron chi connectivity index (χ2n) is 2.79. The van der Waals surface area contributed by atoms with Gasteiger partial charge in [-0.15, -0.1) is 22.7 Å². The molecule has 0 radical (unpaired) electrons. The van der Waals surface area contributed by atoms with Gasteiger partial charge in [-0.3, -0.25) is 4.79 Å². The van der Waals surface area contributed by atoms with Crippen molar-refractivity contribution in [3.8, 4) is 0 Å². The molecule has 0 atom stereocenters. The van der Waals surface area contributed by atoms with Gasteiger partial charge >= 0.3 is 0 Å². The molecule has 0 fully saturated rings. The van der Waals surface area contributed by atoms with E-state index in [1.54, 1.807) is 29.6 Å². The SMILES string of the molecule is O=C(c1cccc(Cl)c1)c1csc(=S)s1. The smallest absolute Gasteiger partial charge is 0.203 e. The molecule has 1 aromatic carbocycles. The molecule has 0 spiro atoms. The Balaban J connectivity index is 2.40. The van der Waals surface area contributed by atoms with Gasteiger partial charge in [0.05, 0.1) is 4.88 Å². The lowest BCUT2D eigenvalue weighted by Gasteiger charge is -1.97. The molecule has 0 bridgehead atoms. The first-order valence-electron chi connectivity index (χ1n) is 4.06. The highest BCUT2D eigenvalue weighted by Gasteiger charge is 2.10. The zero-order valence-corrected chi connectivity index (χ0v) is 10.6. The quantitative estimate of drug-likeness (QED) is 0.594. The minimum absolute atomic E-state index is 0.0187. The van der Waals surface area contributed by atoms with E-state index in [1.165, 1.54) is 22.7 Å². The Morgan fingerprint density at radius 2 is 2.20 bits per heavy atom. The summed E-state index contributed by atoms with van der Waals surface area (Å²) in [6.07, 6.45) is 0. The van der Waals surface area contributed by atoms with Gasteiger partial charge in [0, 0.05) is 16.0 Å². The average Bonchev–Trinajstić information content (AvgIpc) is 2.64. The number of halogens is 1. The Hall–Kier alpha value is -0.550. The summed E-state index contributed by atoms with van der Waals surface area (Å²) in [6, 6.07) is 6.92. The Morgan fingerprint density at radius 1 is 1.40 bits per heavy atom. The van der Waals surface area contributed by atoms with Crippen LogP contribution in [0.3, 0.4) is 0 Å². The molecular weight excluding hydrogens is 268 g/mol. The Kier molecular flexibility index (Phi) is 3.31. The summed E-state index contributed by atoms with van der Waals surface area (Å²) >= 11 is 13.5. The number of ketones is 1. The van der Waals surface area contributed by atoms with Crippen molar-refractivity contribution < 1.29 is 4.79 Å². The van der Waals surface area contributed by atoms with Crippen molar-refractivity contribution in [1.82, 2.24) is 0 Å². The maximum Gasteiger partial charge on any atom is 0.203 e. The van der Waals surface area contributed by atoms with Gasteiger partial charge in [0.25, 0.3) is 0 Å². The molecule has 5 heteroatoms. The Morgan fingerprint density at radius 3 is 2.80 bits per heavy atom. The van der Waals surface area contributed by atoms with Crippen LogP contribution in [0.15, 0.2) is 29.6 Å². The summed E-state index contributed by atoms with van der Waals surface area (Å²) in [5.74, 6) is -0.0187. The van der Waals surface area contributed by atoms with E-state index in [-0.39, 0.29) is 5.78 Å². The lowest BCUT2D eigenvalue weighted by molar-refractivity contribution is 0.104.